The fraction of sp³-hybridized carbons (Fsp3) is 0.385. The molecule has 0 aliphatic carbocycles. The molecule has 0 unspecified atom stereocenters. The van der Waals surface area contributed by atoms with Crippen molar-refractivity contribution in [1.29, 1.82) is 0 Å². The molecular weight excluding hydrogens is 506 g/mol. The van der Waals surface area contributed by atoms with E-state index in [1.165, 1.54) is 12.3 Å². The first-order valence-corrected chi connectivity index (χ1v) is 14.3. The highest BCUT2D eigenvalue weighted by Gasteiger charge is 2.35. The zero-order valence-electron chi connectivity index (χ0n) is 21.6. The van der Waals surface area contributed by atoms with Gasteiger partial charge in [-0.3, -0.25) is 14.4 Å². The van der Waals surface area contributed by atoms with Gasteiger partial charge in [-0.25, -0.2) is 23.4 Å². The zero-order valence-corrected chi connectivity index (χ0v) is 22.4. The Labute approximate surface area is 222 Å². The highest BCUT2D eigenvalue weighted by atomic mass is 32.2. The number of ether oxygens (including phenoxy) is 1. The second-order valence-electron chi connectivity index (χ2n) is 9.76. The fourth-order valence-corrected chi connectivity index (χ4v) is 5.57. The fourth-order valence-electron chi connectivity index (χ4n) is 5.08. The average molecular weight is 538 g/mol. The van der Waals surface area contributed by atoms with Crippen LogP contribution in [0.3, 0.4) is 0 Å². The molecule has 3 aromatic rings. The van der Waals surface area contributed by atoms with Crippen LogP contribution in [0.4, 0.5) is 17.5 Å². The molecule has 0 bridgehead atoms. The van der Waals surface area contributed by atoms with Gasteiger partial charge in [0.15, 0.2) is 0 Å². The molecule has 2 aliphatic rings. The lowest BCUT2D eigenvalue weighted by molar-refractivity contribution is 0.0460. The number of benzene rings is 1. The normalized spacial score (nSPS) is 19.6. The van der Waals surface area contributed by atoms with Crippen molar-refractivity contribution in [3.05, 3.63) is 65.6 Å². The van der Waals surface area contributed by atoms with Crippen LogP contribution in [-0.2, 0) is 23.1 Å². The molecule has 200 valence electrons. The number of nitrogens with one attached hydrogen (secondary N) is 2. The minimum Gasteiger partial charge on any atom is -0.497 e. The summed E-state index contributed by atoms with van der Waals surface area (Å²) in [5.41, 5.74) is 3.41. The van der Waals surface area contributed by atoms with Crippen molar-refractivity contribution in [3.8, 4) is 5.75 Å². The summed E-state index contributed by atoms with van der Waals surface area (Å²) in [5, 5.41) is 3.25. The Hall–Kier alpha value is -3.77. The van der Waals surface area contributed by atoms with Crippen molar-refractivity contribution < 1.29 is 17.9 Å². The van der Waals surface area contributed by atoms with Crippen LogP contribution >= 0.6 is 0 Å². The molecule has 5 rings (SSSR count). The molecule has 1 aromatic carbocycles. The van der Waals surface area contributed by atoms with Crippen molar-refractivity contribution in [1.82, 2.24) is 24.8 Å². The summed E-state index contributed by atoms with van der Waals surface area (Å²) in [7, 11) is -1.84. The number of hydrogen-bond acceptors (Lipinski definition) is 9. The highest BCUT2D eigenvalue weighted by molar-refractivity contribution is 7.92. The molecule has 12 heteroatoms. The SMILES string of the molecule is COc1cccc(Nc2ncc3c(n2)CN([C@H]2CCN(C(=O)c4ccnc(NS(C)(=O)=O)c4)[C@H](C)C2)C3)c1. The van der Waals surface area contributed by atoms with Crippen molar-refractivity contribution in [2.24, 2.45) is 0 Å². The van der Waals surface area contributed by atoms with Gasteiger partial charge in [0.05, 0.1) is 19.1 Å². The number of likely N-dealkylation sites (tertiary alicyclic amines) is 1. The van der Waals surface area contributed by atoms with Crippen molar-refractivity contribution >= 4 is 33.4 Å². The third kappa shape index (κ3) is 5.86. The molecule has 1 saturated heterocycles. The predicted molar refractivity (Wildman–Crippen MR) is 144 cm³/mol. The number of rotatable bonds is 7. The van der Waals surface area contributed by atoms with Gasteiger partial charge in [0.1, 0.15) is 11.6 Å². The van der Waals surface area contributed by atoms with Gasteiger partial charge in [-0.05, 0) is 44.0 Å². The average Bonchev–Trinajstić information content (AvgIpc) is 3.31. The summed E-state index contributed by atoms with van der Waals surface area (Å²) in [6.07, 6.45) is 6.06. The number of hydrogen-bond donors (Lipinski definition) is 2. The number of aromatic nitrogens is 3. The lowest BCUT2D eigenvalue weighted by atomic mass is 9.96. The molecule has 2 aromatic heterocycles. The Morgan fingerprint density at radius 2 is 2.00 bits per heavy atom. The van der Waals surface area contributed by atoms with Crippen molar-refractivity contribution in [2.75, 3.05) is 29.9 Å². The number of pyridine rings is 1. The van der Waals surface area contributed by atoms with E-state index in [9.17, 15) is 13.2 Å². The van der Waals surface area contributed by atoms with Gasteiger partial charge in [0.2, 0.25) is 16.0 Å². The molecular formula is C26H31N7O4S. The topological polar surface area (TPSA) is 130 Å². The number of nitrogens with zero attached hydrogens (tertiary/aromatic N) is 5. The van der Waals surface area contributed by atoms with E-state index in [-0.39, 0.29) is 17.8 Å². The van der Waals surface area contributed by atoms with Crippen LogP contribution in [0, 0.1) is 0 Å². The first-order valence-electron chi connectivity index (χ1n) is 12.4. The van der Waals surface area contributed by atoms with E-state index in [0.717, 1.165) is 54.9 Å². The first-order chi connectivity index (χ1) is 18.2. The van der Waals surface area contributed by atoms with E-state index in [4.69, 9.17) is 9.72 Å². The maximum absolute atomic E-state index is 13.2. The van der Waals surface area contributed by atoms with Gasteiger partial charge >= 0.3 is 0 Å². The van der Waals surface area contributed by atoms with Crippen molar-refractivity contribution in [3.63, 3.8) is 0 Å². The van der Waals surface area contributed by atoms with Crippen LogP contribution in [0.25, 0.3) is 0 Å². The molecule has 0 spiro atoms. The van der Waals surface area contributed by atoms with E-state index in [0.29, 0.717) is 24.1 Å². The predicted octanol–water partition coefficient (Wildman–Crippen LogP) is 3.00. The molecule has 0 saturated carbocycles. The summed E-state index contributed by atoms with van der Waals surface area (Å²) in [4.78, 5) is 30.8. The molecule has 38 heavy (non-hydrogen) atoms. The van der Waals surface area contributed by atoms with Crippen LogP contribution in [0.5, 0.6) is 5.75 Å². The number of carbonyl (C=O) groups is 1. The molecule has 0 radical (unpaired) electrons. The molecule has 4 heterocycles. The second kappa shape index (κ2) is 10.5. The third-order valence-corrected chi connectivity index (χ3v) is 7.51. The van der Waals surface area contributed by atoms with Crippen LogP contribution in [0.1, 0.15) is 41.4 Å². The molecule has 11 nitrogen and oxygen atoms in total. The van der Waals surface area contributed by atoms with E-state index < -0.39 is 10.0 Å². The number of anilines is 3. The van der Waals surface area contributed by atoms with E-state index >= 15 is 0 Å². The van der Waals surface area contributed by atoms with Crippen LogP contribution in [0.2, 0.25) is 0 Å². The summed E-state index contributed by atoms with van der Waals surface area (Å²) >= 11 is 0. The van der Waals surface area contributed by atoms with Crippen LogP contribution < -0.4 is 14.8 Å². The number of piperidine rings is 1. The van der Waals surface area contributed by atoms with Gasteiger partial charge in [0, 0.05) is 67.0 Å². The smallest absolute Gasteiger partial charge is 0.254 e. The van der Waals surface area contributed by atoms with Crippen LogP contribution in [0.15, 0.2) is 48.8 Å². The molecule has 2 aliphatic heterocycles. The third-order valence-electron chi connectivity index (χ3n) is 6.93. The van der Waals surface area contributed by atoms with E-state index in [1.54, 1.807) is 13.2 Å². The minimum absolute atomic E-state index is 0.0285. The summed E-state index contributed by atoms with van der Waals surface area (Å²) in [6, 6.07) is 11.1. The monoisotopic (exact) mass is 537 g/mol. The Morgan fingerprint density at radius 3 is 2.76 bits per heavy atom. The van der Waals surface area contributed by atoms with E-state index in [1.807, 2.05) is 35.4 Å². The number of carbonyl (C=O) groups excluding carboxylic acids is 1. The molecule has 2 atom stereocenters. The Morgan fingerprint density at radius 1 is 1.16 bits per heavy atom. The standard InChI is InChI=1S/C26H31N7O4S/c1-17-11-21(8-10-33(17)25(34)18-7-9-27-24(12-18)31-38(3,35)36)32-15-19-14-28-26(30-23(19)16-32)29-20-5-4-6-22(13-20)37-2/h4-7,9,12-14,17,21H,8,10-11,15-16H2,1-3H3,(H,27,31)(H,28,29,30)/t17-,21+/m1/s1. The maximum Gasteiger partial charge on any atom is 0.254 e. The summed E-state index contributed by atoms with van der Waals surface area (Å²) in [6.45, 7) is 4.19. The summed E-state index contributed by atoms with van der Waals surface area (Å²) < 4.78 is 30.7. The molecule has 1 fully saturated rings. The van der Waals surface area contributed by atoms with Gasteiger partial charge in [0.25, 0.3) is 5.91 Å². The maximum atomic E-state index is 13.2. The second-order valence-corrected chi connectivity index (χ2v) is 11.5. The number of methoxy groups -OCH3 is 1. The lowest BCUT2D eigenvalue weighted by Crippen LogP contribution is -2.50. The Bertz CT molecular complexity index is 1450. The molecule has 2 N–H and O–H groups in total. The highest BCUT2D eigenvalue weighted by Crippen LogP contribution is 2.31. The van der Waals surface area contributed by atoms with Gasteiger partial charge in [-0.15, -0.1) is 0 Å². The quantitative estimate of drug-likeness (QED) is 0.467. The zero-order chi connectivity index (χ0) is 26.9. The largest absolute Gasteiger partial charge is 0.497 e. The first kappa shape index (κ1) is 25.9. The lowest BCUT2D eigenvalue weighted by Gasteiger charge is -2.41. The molecule has 1 amide bonds. The minimum atomic E-state index is -3.48. The Balaban J connectivity index is 1.21. The van der Waals surface area contributed by atoms with Crippen LogP contribution in [-0.4, -0.2) is 71.1 Å². The number of amides is 1. The summed E-state index contributed by atoms with van der Waals surface area (Å²) in [5.74, 6) is 1.32. The van der Waals surface area contributed by atoms with Gasteiger partial charge in [-0.2, -0.15) is 0 Å². The number of fused-ring (bicyclic) bond motifs is 1. The van der Waals surface area contributed by atoms with E-state index in [2.05, 4.69) is 31.8 Å². The Kier molecular flexibility index (Phi) is 7.17. The van der Waals surface area contributed by atoms with Gasteiger partial charge in [-0.1, -0.05) is 6.07 Å². The van der Waals surface area contributed by atoms with Gasteiger partial charge < -0.3 is 15.0 Å². The van der Waals surface area contributed by atoms with Crippen molar-refractivity contribution in [2.45, 2.75) is 44.9 Å². The number of sulfonamides is 1.